The lowest BCUT2D eigenvalue weighted by molar-refractivity contribution is 0.199. The van der Waals surface area contributed by atoms with Crippen LogP contribution in [0.4, 0.5) is 5.82 Å². The molecule has 1 rings (SSSR count). The highest BCUT2D eigenvalue weighted by atomic mass is 16.3. The van der Waals surface area contributed by atoms with Gasteiger partial charge in [-0.05, 0) is 43.9 Å². The van der Waals surface area contributed by atoms with Crippen LogP contribution in [0.1, 0.15) is 37.9 Å². The van der Waals surface area contributed by atoms with Gasteiger partial charge in [-0.2, -0.15) is 0 Å². The third-order valence-corrected chi connectivity index (χ3v) is 2.79. The van der Waals surface area contributed by atoms with E-state index in [9.17, 15) is 5.11 Å². The molecular weight excluding hydrogens is 216 g/mol. The highest BCUT2D eigenvalue weighted by Crippen LogP contribution is 2.17. The first-order valence-corrected chi connectivity index (χ1v) is 6.11. The Hall–Kier alpha value is -1.13. The van der Waals surface area contributed by atoms with E-state index >= 15 is 0 Å². The van der Waals surface area contributed by atoms with Crippen LogP contribution in [-0.2, 0) is 0 Å². The normalized spacial score (nSPS) is 12.5. The van der Waals surface area contributed by atoms with Crippen molar-refractivity contribution in [2.75, 3.05) is 25.1 Å². The van der Waals surface area contributed by atoms with Gasteiger partial charge in [0.15, 0.2) is 0 Å². The molecule has 0 aliphatic rings. The fourth-order valence-corrected chi connectivity index (χ4v) is 1.65. The summed E-state index contributed by atoms with van der Waals surface area (Å²) in [7, 11) is 1.99. The minimum Gasteiger partial charge on any atom is -0.396 e. The Balaban J connectivity index is 2.50. The van der Waals surface area contributed by atoms with Gasteiger partial charge in [-0.25, -0.2) is 4.98 Å². The molecule has 0 amide bonds. The van der Waals surface area contributed by atoms with Crippen molar-refractivity contribution in [3.05, 3.63) is 23.9 Å². The summed E-state index contributed by atoms with van der Waals surface area (Å²) in [6, 6.07) is 3.74. The van der Waals surface area contributed by atoms with E-state index in [0.717, 1.165) is 37.2 Å². The van der Waals surface area contributed by atoms with E-state index in [0.29, 0.717) is 0 Å². The molecule has 96 valence electrons. The average molecular weight is 238 g/mol. The molecule has 1 aromatic rings. The van der Waals surface area contributed by atoms with Gasteiger partial charge in [-0.3, -0.25) is 0 Å². The molecule has 4 heteroatoms. The van der Waals surface area contributed by atoms with E-state index < -0.39 is 6.10 Å². The molecule has 1 heterocycles. The molecule has 1 aromatic heterocycles. The molecule has 0 fully saturated rings. The lowest BCUT2D eigenvalue weighted by atomic mass is 10.1. The molecule has 1 atom stereocenters. The molecule has 0 spiro atoms. The van der Waals surface area contributed by atoms with Crippen molar-refractivity contribution in [2.45, 2.75) is 32.3 Å². The molecule has 2 N–H and O–H groups in total. The van der Waals surface area contributed by atoms with Crippen molar-refractivity contribution in [3.8, 4) is 0 Å². The predicted molar refractivity (Wildman–Crippen MR) is 69.1 cm³/mol. The number of hydrogen-bond donors (Lipinski definition) is 2. The van der Waals surface area contributed by atoms with Crippen LogP contribution in [0.2, 0.25) is 0 Å². The number of anilines is 1. The Labute approximate surface area is 103 Å². The van der Waals surface area contributed by atoms with Gasteiger partial charge in [0, 0.05) is 26.4 Å². The summed E-state index contributed by atoms with van der Waals surface area (Å²) in [6.07, 6.45) is 4.19. The maximum absolute atomic E-state index is 9.50. The fourth-order valence-electron chi connectivity index (χ4n) is 1.65. The second-order valence-electron chi connectivity index (χ2n) is 4.33. The zero-order chi connectivity index (χ0) is 12.7. The number of hydrogen-bond acceptors (Lipinski definition) is 4. The van der Waals surface area contributed by atoms with Crippen molar-refractivity contribution in [2.24, 2.45) is 0 Å². The van der Waals surface area contributed by atoms with Crippen LogP contribution in [0, 0.1) is 0 Å². The second kappa shape index (κ2) is 7.25. The summed E-state index contributed by atoms with van der Waals surface area (Å²) in [5.74, 6) is 0.882. The number of nitrogens with zero attached hydrogens (tertiary/aromatic N) is 2. The number of aliphatic hydroxyl groups excluding tert-OH is 2. The van der Waals surface area contributed by atoms with Crippen molar-refractivity contribution < 1.29 is 10.2 Å². The van der Waals surface area contributed by atoms with Crippen molar-refractivity contribution in [3.63, 3.8) is 0 Å². The highest BCUT2D eigenvalue weighted by molar-refractivity contribution is 5.40. The van der Waals surface area contributed by atoms with Crippen LogP contribution in [0.15, 0.2) is 18.3 Å². The van der Waals surface area contributed by atoms with Crippen LogP contribution in [0.3, 0.4) is 0 Å². The molecule has 4 nitrogen and oxygen atoms in total. The highest BCUT2D eigenvalue weighted by Gasteiger charge is 2.06. The van der Waals surface area contributed by atoms with Gasteiger partial charge in [0.2, 0.25) is 0 Å². The maximum Gasteiger partial charge on any atom is 0.128 e. The summed E-state index contributed by atoms with van der Waals surface area (Å²) in [6.45, 7) is 2.93. The number of pyridine rings is 1. The molecule has 0 radical (unpaired) electrons. The molecule has 17 heavy (non-hydrogen) atoms. The van der Waals surface area contributed by atoms with Crippen LogP contribution in [0.5, 0.6) is 0 Å². The van der Waals surface area contributed by atoms with E-state index in [1.54, 1.807) is 13.1 Å². The lowest BCUT2D eigenvalue weighted by Crippen LogP contribution is -2.20. The van der Waals surface area contributed by atoms with E-state index in [4.69, 9.17) is 5.11 Å². The van der Waals surface area contributed by atoms with Gasteiger partial charge >= 0.3 is 0 Å². The Bertz CT molecular complexity index is 329. The summed E-state index contributed by atoms with van der Waals surface area (Å²) < 4.78 is 0. The largest absolute Gasteiger partial charge is 0.396 e. The smallest absolute Gasteiger partial charge is 0.128 e. The number of aromatic nitrogens is 1. The summed E-state index contributed by atoms with van der Waals surface area (Å²) in [5.41, 5.74) is 0.886. The third kappa shape index (κ3) is 4.71. The van der Waals surface area contributed by atoms with E-state index in [1.807, 2.05) is 19.2 Å². The summed E-state index contributed by atoms with van der Waals surface area (Å²) >= 11 is 0. The number of aliphatic hydroxyl groups is 2. The van der Waals surface area contributed by atoms with Crippen LogP contribution in [0.25, 0.3) is 0 Å². The molecule has 0 saturated carbocycles. The number of rotatable bonds is 7. The minimum atomic E-state index is -0.459. The molecule has 0 aliphatic heterocycles. The fraction of sp³-hybridized carbons (Fsp3) is 0.615. The van der Waals surface area contributed by atoms with Gasteiger partial charge in [0.1, 0.15) is 5.82 Å². The Morgan fingerprint density at radius 1 is 1.35 bits per heavy atom. The van der Waals surface area contributed by atoms with Gasteiger partial charge in [0.05, 0.1) is 6.10 Å². The van der Waals surface area contributed by atoms with E-state index in [2.05, 4.69) is 9.88 Å². The van der Waals surface area contributed by atoms with Gasteiger partial charge in [-0.1, -0.05) is 0 Å². The summed E-state index contributed by atoms with van der Waals surface area (Å²) in [5, 5.41) is 18.2. The average Bonchev–Trinajstić information content (AvgIpc) is 2.34. The Morgan fingerprint density at radius 3 is 2.76 bits per heavy atom. The lowest BCUT2D eigenvalue weighted by Gasteiger charge is -2.19. The molecule has 0 aliphatic carbocycles. The van der Waals surface area contributed by atoms with Gasteiger partial charge in [0.25, 0.3) is 0 Å². The minimum absolute atomic E-state index is 0.263. The molecule has 0 unspecified atom stereocenters. The van der Waals surface area contributed by atoms with Gasteiger partial charge < -0.3 is 15.1 Å². The first kappa shape index (κ1) is 13.9. The first-order valence-electron chi connectivity index (χ1n) is 6.11. The van der Waals surface area contributed by atoms with Crippen molar-refractivity contribution in [1.82, 2.24) is 4.98 Å². The zero-order valence-corrected chi connectivity index (χ0v) is 10.6. The second-order valence-corrected chi connectivity index (χ2v) is 4.33. The van der Waals surface area contributed by atoms with Gasteiger partial charge in [-0.15, -0.1) is 0 Å². The molecule has 0 saturated heterocycles. The topological polar surface area (TPSA) is 56.6 Å². The van der Waals surface area contributed by atoms with Crippen molar-refractivity contribution >= 4 is 5.82 Å². The quantitative estimate of drug-likeness (QED) is 0.710. The molecular formula is C13H22N2O2. The van der Waals surface area contributed by atoms with Crippen LogP contribution < -0.4 is 4.90 Å². The van der Waals surface area contributed by atoms with Crippen molar-refractivity contribution in [1.29, 1.82) is 0 Å². The molecule has 0 aromatic carbocycles. The Kier molecular flexibility index (Phi) is 5.94. The van der Waals surface area contributed by atoms with E-state index in [-0.39, 0.29) is 6.61 Å². The predicted octanol–water partition coefficient (Wildman–Crippen LogP) is 1.73. The standard InChI is InChI=1S/C13H22N2O2/c1-11(17)12-6-7-14-13(10-12)15(2)8-4-3-5-9-16/h6-7,10-11,16-17H,3-5,8-9H2,1-2H3/t11-/m0/s1. The van der Waals surface area contributed by atoms with E-state index in [1.165, 1.54) is 0 Å². The maximum atomic E-state index is 9.50. The Morgan fingerprint density at radius 2 is 2.12 bits per heavy atom. The van der Waals surface area contributed by atoms with Crippen LogP contribution >= 0.6 is 0 Å². The monoisotopic (exact) mass is 238 g/mol. The number of unbranched alkanes of at least 4 members (excludes halogenated alkanes) is 2. The first-order chi connectivity index (χ1) is 8.15. The zero-order valence-electron chi connectivity index (χ0n) is 10.6. The summed E-state index contributed by atoms with van der Waals surface area (Å²) in [4.78, 5) is 6.36. The molecule has 0 bridgehead atoms. The van der Waals surface area contributed by atoms with Crippen LogP contribution in [-0.4, -0.2) is 35.4 Å². The third-order valence-electron chi connectivity index (χ3n) is 2.79. The SMILES string of the molecule is C[C@H](O)c1ccnc(N(C)CCCCCO)c1.